The minimum absolute atomic E-state index is 0.236. The van der Waals surface area contributed by atoms with Crippen molar-refractivity contribution in [1.82, 2.24) is 18.5 Å². The fourth-order valence-electron chi connectivity index (χ4n) is 2.07. The van der Waals surface area contributed by atoms with Gasteiger partial charge in [0.2, 0.25) is 0 Å². The molecule has 3 aromatic rings. The van der Waals surface area contributed by atoms with Crippen LogP contribution in [0.15, 0.2) is 64.5 Å². The highest BCUT2D eigenvalue weighted by molar-refractivity contribution is 9.10. The highest BCUT2D eigenvalue weighted by Crippen LogP contribution is 2.25. The van der Waals surface area contributed by atoms with E-state index in [4.69, 9.17) is 4.74 Å². The van der Waals surface area contributed by atoms with Gasteiger partial charge in [0.1, 0.15) is 17.8 Å². The molecule has 1 aromatic heterocycles. The van der Waals surface area contributed by atoms with E-state index in [-0.39, 0.29) is 5.69 Å². The number of anilines is 1. The van der Waals surface area contributed by atoms with E-state index < -0.39 is 25.4 Å². The van der Waals surface area contributed by atoms with E-state index in [9.17, 15) is 16.8 Å². The molecule has 3 rings (SSSR count). The number of nitrogens with zero attached hydrogens (tertiary/aromatic N) is 4. The molecule has 0 bridgehead atoms. The lowest BCUT2D eigenvalue weighted by atomic mass is 10.3. The van der Waals surface area contributed by atoms with Crippen molar-refractivity contribution in [3.8, 4) is 11.5 Å². The maximum Gasteiger partial charge on any atom is 0.323 e. The Balaban J connectivity index is 1.74. The van der Waals surface area contributed by atoms with Gasteiger partial charge in [-0.25, -0.2) is 4.98 Å². The van der Waals surface area contributed by atoms with E-state index in [1.54, 1.807) is 24.3 Å². The maximum absolute atomic E-state index is 12.4. The van der Waals surface area contributed by atoms with Crippen LogP contribution in [0.1, 0.15) is 0 Å². The second-order valence-corrected chi connectivity index (χ2v) is 10.4. The molecule has 0 atom stereocenters. The number of benzene rings is 2. The first-order chi connectivity index (χ1) is 13.6. The topological polar surface area (TPSA) is 123 Å². The minimum atomic E-state index is -4.18. The molecule has 1 N–H and O–H groups in total. The van der Waals surface area contributed by atoms with Crippen molar-refractivity contribution in [3.05, 3.63) is 59.3 Å². The lowest BCUT2D eigenvalue weighted by Gasteiger charge is -2.09. The van der Waals surface area contributed by atoms with Gasteiger partial charge in [-0.15, -0.1) is 9.19 Å². The lowest BCUT2D eigenvalue weighted by molar-refractivity contribution is 0.482. The van der Waals surface area contributed by atoms with Crippen molar-refractivity contribution in [1.29, 1.82) is 0 Å². The predicted molar refractivity (Wildman–Crippen MR) is 109 cm³/mol. The first kappa shape index (κ1) is 21.2. The Morgan fingerprint density at radius 3 is 2.07 bits per heavy atom. The Kier molecular flexibility index (Phi) is 5.93. The molecule has 29 heavy (non-hydrogen) atoms. The molecule has 0 aliphatic rings. The molecule has 0 unspecified atom stereocenters. The summed E-state index contributed by atoms with van der Waals surface area (Å²) in [6.07, 6.45) is 0.819. The standard InChI is InChI=1S/C16H16BrN5O5S2/c1-21(2)29(25,26)22-11-18-16(19-22)28(23,24)20-13-5-9-15(10-6-13)27-14-7-3-12(17)4-8-14/h3-11,20H,1-2H3. The van der Waals surface area contributed by atoms with E-state index in [2.05, 4.69) is 30.7 Å². The van der Waals surface area contributed by atoms with Crippen LogP contribution in [0.25, 0.3) is 0 Å². The van der Waals surface area contributed by atoms with Crippen molar-refractivity contribution in [3.63, 3.8) is 0 Å². The van der Waals surface area contributed by atoms with Gasteiger partial charge in [-0.05, 0) is 48.5 Å². The van der Waals surface area contributed by atoms with Crippen LogP contribution in [-0.4, -0.2) is 49.4 Å². The van der Waals surface area contributed by atoms with Crippen LogP contribution in [-0.2, 0) is 20.2 Å². The number of hydrogen-bond donors (Lipinski definition) is 1. The van der Waals surface area contributed by atoms with Crippen LogP contribution in [0.5, 0.6) is 11.5 Å². The summed E-state index contributed by atoms with van der Waals surface area (Å²) in [6, 6.07) is 13.4. The molecule has 0 radical (unpaired) electrons. The fraction of sp³-hybridized carbons (Fsp3) is 0.125. The third-order valence-corrected chi connectivity index (χ3v) is 6.82. The van der Waals surface area contributed by atoms with E-state index in [1.807, 2.05) is 12.1 Å². The molecular formula is C16H16BrN5O5S2. The Labute approximate surface area is 176 Å². The number of nitrogens with one attached hydrogen (secondary N) is 1. The van der Waals surface area contributed by atoms with Gasteiger partial charge in [-0.3, -0.25) is 4.72 Å². The highest BCUT2D eigenvalue weighted by atomic mass is 79.9. The first-order valence-electron chi connectivity index (χ1n) is 7.99. The van der Waals surface area contributed by atoms with Crippen LogP contribution in [0.2, 0.25) is 0 Å². The molecule has 0 saturated carbocycles. The number of aromatic nitrogens is 3. The van der Waals surface area contributed by atoms with Gasteiger partial charge in [0.15, 0.2) is 0 Å². The Morgan fingerprint density at radius 2 is 1.52 bits per heavy atom. The summed E-state index contributed by atoms with van der Waals surface area (Å²) < 4.78 is 59.1. The monoisotopic (exact) mass is 501 g/mol. The summed E-state index contributed by atoms with van der Waals surface area (Å²) >= 11 is 3.34. The normalized spacial score (nSPS) is 12.1. The van der Waals surface area contributed by atoms with Gasteiger partial charge in [-0.2, -0.15) is 21.1 Å². The van der Waals surface area contributed by atoms with Gasteiger partial charge in [0, 0.05) is 24.3 Å². The van der Waals surface area contributed by atoms with E-state index in [1.165, 1.54) is 26.2 Å². The lowest BCUT2D eigenvalue weighted by Crippen LogP contribution is -2.29. The summed E-state index contributed by atoms with van der Waals surface area (Å²) in [5.41, 5.74) is 0.236. The molecule has 13 heteroatoms. The average molecular weight is 502 g/mol. The van der Waals surface area contributed by atoms with E-state index in [0.717, 1.165) is 15.1 Å². The zero-order valence-corrected chi connectivity index (χ0v) is 18.4. The summed E-state index contributed by atoms with van der Waals surface area (Å²) in [5.74, 6) is 1.13. The van der Waals surface area contributed by atoms with Crippen LogP contribution in [0, 0.1) is 0 Å². The predicted octanol–water partition coefficient (Wildman–Crippen LogP) is 2.29. The second-order valence-electron chi connectivity index (χ2n) is 5.88. The van der Waals surface area contributed by atoms with Gasteiger partial charge in [0.05, 0.1) is 0 Å². The Bertz CT molecular complexity index is 1210. The number of rotatable bonds is 7. The molecule has 0 spiro atoms. The number of halogens is 1. The van der Waals surface area contributed by atoms with Gasteiger partial charge < -0.3 is 4.74 Å². The molecule has 154 valence electrons. The minimum Gasteiger partial charge on any atom is -0.457 e. The molecular weight excluding hydrogens is 486 g/mol. The van der Waals surface area contributed by atoms with E-state index >= 15 is 0 Å². The van der Waals surface area contributed by atoms with Gasteiger partial charge >= 0.3 is 10.2 Å². The zero-order valence-electron chi connectivity index (χ0n) is 15.2. The summed E-state index contributed by atoms with van der Waals surface area (Å²) in [6.45, 7) is 0. The number of sulfonamides is 1. The molecule has 2 aromatic carbocycles. The number of hydrogen-bond acceptors (Lipinski definition) is 7. The summed E-state index contributed by atoms with van der Waals surface area (Å²) in [7, 11) is -5.55. The molecule has 0 saturated heterocycles. The van der Waals surface area contributed by atoms with Crippen LogP contribution >= 0.6 is 15.9 Å². The van der Waals surface area contributed by atoms with Crippen molar-refractivity contribution < 1.29 is 21.6 Å². The summed E-state index contributed by atoms with van der Waals surface area (Å²) in [4.78, 5) is 3.58. The number of ether oxygens (including phenoxy) is 1. The Hall–Kier alpha value is -2.48. The van der Waals surface area contributed by atoms with Crippen LogP contribution in [0.3, 0.4) is 0 Å². The smallest absolute Gasteiger partial charge is 0.323 e. The maximum atomic E-state index is 12.4. The Morgan fingerprint density at radius 1 is 0.966 bits per heavy atom. The van der Waals surface area contributed by atoms with Gasteiger partial charge in [-0.1, -0.05) is 15.9 Å². The van der Waals surface area contributed by atoms with Gasteiger partial charge in [0.25, 0.3) is 15.2 Å². The second kappa shape index (κ2) is 8.10. The third-order valence-electron chi connectivity index (χ3n) is 3.55. The van der Waals surface area contributed by atoms with Crippen molar-refractivity contribution >= 4 is 41.8 Å². The average Bonchev–Trinajstić information content (AvgIpc) is 3.17. The first-order valence-corrected chi connectivity index (χ1v) is 11.7. The molecule has 0 fully saturated rings. The molecule has 1 heterocycles. The summed E-state index contributed by atoms with van der Waals surface area (Å²) in [5, 5.41) is 2.88. The fourth-order valence-corrected chi connectivity index (χ4v) is 3.98. The van der Waals surface area contributed by atoms with Crippen molar-refractivity contribution in [2.75, 3.05) is 18.8 Å². The van der Waals surface area contributed by atoms with Crippen LogP contribution < -0.4 is 9.46 Å². The molecule has 0 amide bonds. The van der Waals surface area contributed by atoms with Crippen molar-refractivity contribution in [2.24, 2.45) is 0 Å². The largest absolute Gasteiger partial charge is 0.457 e. The molecule has 0 aliphatic heterocycles. The molecule has 10 nitrogen and oxygen atoms in total. The molecule has 0 aliphatic carbocycles. The SMILES string of the molecule is CN(C)S(=O)(=O)n1cnc(S(=O)(=O)Nc2ccc(Oc3ccc(Br)cc3)cc2)n1. The third kappa shape index (κ3) is 4.93. The zero-order chi connectivity index (χ0) is 21.2. The van der Waals surface area contributed by atoms with E-state index in [0.29, 0.717) is 15.6 Å². The highest BCUT2D eigenvalue weighted by Gasteiger charge is 2.24. The quantitative estimate of drug-likeness (QED) is 0.526. The van der Waals surface area contributed by atoms with Crippen LogP contribution in [0.4, 0.5) is 5.69 Å². The van der Waals surface area contributed by atoms with Crippen molar-refractivity contribution in [2.45, 2.75) is 5.16 Å².